The fourth-order valence-electron chi connectivity index (χ4n) is 3.47. The highest BCUT2D eigenvalue weighted by molar-refractivity contribution is 5.89. The molecule has 3 rings (SSSR count). The Morgan fingerprint density at radius 3 is 2.68 bits per heavy atom. The van der Waals surface area contributed by atoms with Crippen LogP contribution in [0.2, 0.25) is 0 Å². The first kappa shape index (κ1) is 17.3. The van der Waals surface area contributed by atoms with Crippen molar-refractivity contribution >= 4 is 22.8 Å². The van der Waals surface area contributed by atoms with Gasteiger partial charge in [-0.15, -0.1) is 0 Å². The van der Waals surface area contributed by atoms with Crippen LogP contribution < -0.4 is 11.1 Å². The highest BCUT2D eigenvalue weighted by atomic mass is 16.5. The predicted molar refractivity (Wildman–Crippen MR) is 95.1 cm³/mol. The lowest BCUT2D eigenvalue weighted by atomic mass is 10.0. The monoisotopic (exact) mass is 344 g/mol. The molecule has 25 heavy (non-hydrogen) atoms. The number of H-pyrrole nitrogens is 1. The molecule has 3 atom stereocenters. The Hall–Kier alpha value is -2.54. The molecular weight excluding hydrogens is 320 g/mol. The third-order valence-corrected chi connectivity index (χ3v) is 4.44. The molecule has 1 aliphatic heterocycles. The van der Waals surface area contributed by atoms with E-state index in [1.54, 1.807) is 4.90 Å². The third-order valence-electron chi connectivity index (χ3n) is 4.44. The van der Waals surface area contributed by atoms with Crippen molar-refractivity contribution in [3.63, 3.8) is 0 Å². The first-order valence-corrected chi connectivity index (χ1v) is 8.49. The Balaban J connectivity index is 1.81. The SMILES string of the molecule is CC1CN(C(=O)C(Cc2c[nH]c3ccccc23)NC(N)=O)CC(C)O1. The normalized spacial score (nSPS) is 21.9. The lowest BCUT2D eigenvalue weighted by Crippen LogP contribution is -2.56. The number of fused-ring (bicyclic) bond motifs is 1. The number of rotatable bonds is 4. The molecule has 7 nitrogen and oxygen atoms in total. The number of urea groups is 1. The highest BCUT2D eigenvalue weighted by Crippen LogP contribution is 2.20. The molecule has 3 unspecified atom stereocenters. The van der Waals surface area contributed by atoms with Gasteiger partial charge >= 0.3 is 6.03 Å². The summed E-state index contributed by atoms with van der Waals surface area (Å²) >= 11 is 0. The molecule has 134 valence electrons. The van der Waals surface area contributed by atoms with Crippen LogP contribution >= 0.6 is 0 Å². The Kier molecular flexibility index (Phi) is 4.94. The van der Waals surface area contributed by atoms with Crippen LogP contribution in [0.25, 0.3) is 10.9 Å². The number of nitrogens with two attached hydrogens (primary N) is 1. The third kappa shape index (κ3) is 3.93. The summed E-state index contributed by atoms with van der Waals surface area (Å²) in [4.78, 5) is 29.3. The lowest BCUT2D eigenvalue weighted by Gasteiger charge is -2.37. The summed E-state index contributed by atoms with van der Waals surface area (Å²) in [7, 11) is 0. The van der Waals surface area contributed by atoms with Crippen LogP contribution in [0.3, 0.4) is 0 Å². The zero-order valence-electron chi connectivity index (χ0n) is 14.5. The average molecular weight is 344 g/mol. The van der Waals surface area contributed by atoms with Crippen molar-refractivity contribution in [3.05, 3.63) is 36.0 Å². The van der Waals surface area contributed by atoms with E-state index in [4.69, 9.17) is 10.5 Å². The lowest BCUT2D eigenvalue weighted by molar-refractivity contribution is -0.145. The van der Waals surface area contributed by atoms with E-state index in [1.165, 1.54) is 0 Å². The van der Waals surface area contributed by atoms with E-state index in [0.717, 1.165) is 16.5 Å². The molecule has 1 saturated heterocycles. The standard InChI is InChI=1S/C18H24N4O3/c1-11-9-22(10-12(2)25-11)17(23)16(21-18(19)24)7-13-8-20-15-6-4-3-5-14(13)15/h3-6,8,11-12,16,20H,7,9-10H2,1-2H3,(H3,19,21,24). The molecule has 0 radical (unpaired) electrons. The van der Waals surface area contributed by atoms with E-state index in [2.05, 4.69) is 10.3 Å². The van der Waals surface area contributed by atoms with Crippen molar-refractivity contribution in [2.75, 3.05) is 13.1 Å². The fraction of sp³-hybridized carbons (Fsp3) is 0.444. The number of carbonyl (C=O) groups is 2. The van der Waals surface area contributed by atoms with Crippen LogP contribution in [0.5, 0.6) is 0 Å². The summed E-state index contributed by atoms with van der Waals surface area (Å²) in [6.45, 7) is 4.89. The topological polar surface area (TPSA) is 100 Å². The van der Waals surface area contributed by atoms with Gasteiger partial charge in [0, 0.05) is 36.6 Å². The quantitative estimate of drug-likeness (QED) is 0.781. The van der Waals surface area contributed by atoms with Crippen LogP contribution in [0.1, 0.15) is 19.4 Å². The summed E-state index contributed by atoms with van der Waals surface area (Å²) < 4.78 is 5.68. The smallest absolute Gasteiger partial charge is 0.312 e. The second-order valence-electron chi connectivity index (χ2n) is 6.63. The van der Waals surface area contributed by atoms with E-state index in [9.17, 15) is 9.59 Å². The average Bonchev–Trinajstić information content (AvgIpc) is 2.95. The predicted octanol–water partition coefficient (Wildman–Crippen LogP) is 1.38. The van der Waals surface area contributed by atoms with E-state index < -0.39 is 12.1 Å². The molecule has 4 N–H and O–H groups in total. The number of benzene rings is 1. The Bertz CT molecular complexity index is 763. The molecule has 1 aromatic carbocycles. The molecule has 0 spiro atoms. The molecule has 3 amide bonds. The molecule has 7 heteroatoms. The van der Waals surface area contributed by atoms with E-state index in [0.29, 0.717) is 19.5 Å². The van der Waals surface area contributed by atoms with E-state index in [-0.39, 0.29) is 18.1 Å². The molecule has 0 bridgehead atoms. The molecule has 2 heterocycles. The highest BCUT2D eigenvalue weighted by Gasteiger charge is 2.31. The molecule has 1 aromatic heterocycles. The van der Waals surface area contributed by atoms with Gasteiger partial charge in [0.25, 0.3) is 0 Å². The summed E-state index contributed by atoms with van der Waals surface area (Å²) in [6.07, 6.45) is 2.19. The van der Waals surface area contributed by atoms with Gasteiger partial charge in [-0.1, -0.05) is 18.2 Å². The minimum absolute atomic E-state index is 0.0324. The maximum atomic E-state index is 13.0. The van der Waals surface area contributed by atoms with Crippen molar-refractivity contribution in [1.82, 2.24) is 15.2 Å². The van der Waals surface area contributed by atoms with Crippen LogP contribution in [-0.4, -0.2) is 53.2 Å². The Labute approximate surface area is 146 Å². The van der Waals surface area contributed by atoms with Gasteiger partial charge in [0.15, 0.2) is 0 Å². The van der Waals surface area contributed by atoms with Crippen LogP contribution in [0, 0.1) is 0 Å². The summed E-state index contributed by atoms with van der Waals surface area (Å²) in [6, 6.07) is 6.46. The van der Waals surface area contributed by atoms with Crippen molar-refractivity contribution in [1.29, 1.82) is 0 Å². The number of hydrogen-bond donors (Lipinski definition) is 3. The maximum absolute atomic E-state index is 13.0. The van der Waals surface area contributed by atoms with Gasteiger partial charge in [-0.05, 0) is 25.5 Å². The molecule has 0 saturated carbocycles. The number of nitrogens with zero attached hydrogens (tertiary/aromatic N) is 1. The van der Waals surface area contributed by atoms with Gasteiger partial charge < -0.3 is 25.7 Å². The number of aromatic nitrogens is 1. The molecule has 0 aliphatic carbocycles. The number of primary amides is 1. The first-order chi connectivity index (χ1) is 11.9. The Morgan fingerprint density at radius 2 is 2.00 bits per heavy atom. The van der Waals surface area contributed by atoms with Crippen molar-refractivity contribution < 1.29 is 14.3 Å². The fourth-order valence-corrected chi connectivity index (χ4v) is 3.47. The summed E-state index contributed by atoms with van der Waals surface area (Å²) in [5, 5.41) is 3.64. The number of hydrogen-bond acceptors (Lipinski definition) is 3. The number of carbonyl (C=O) groups excluding carboxylic acids is 2. The summed E-state index contributed by atoms with van der Waals surface area (Å²) in [5.74, 6) is -0.133. The van der Waals surface area contributed by atoms with Gasteiger partial charge in [-0.3, -0.25) is 4.79 Å². The molecule has 1 fully saturated rings. The van der Waals surface area contributed by atoms with Crippen LogP contribution in [0.4, 0.5) is 4.79 Å². The number of ether oxygens (including phenoxy) is 1. The van der Waals surface area contributed by atoms with E-state index in [1.807, 2.05) is 44.3 Å². The van der Waals surface area contributed by atoms with Crippen LogP contribution in [-0.2, 0) is 16.0 Å². The number of para-hydroxylation sites is 1. The molecular formula is C18H24N4O3. The van der Waals surface area contributed by atoms with Gasteiger partial charge in [-0.25, -0.2) is 4.79 Å². The zero-order valence-corrected chi connectivity index (χ0v) is 14.5. The second-order valence-corrected chi connectivity index (χ2v) is 6.63. The van der Waals surface area contributed by atoms with Crippen molar-refractivity contribution in [2.45, 2.75) is 38.5 Å². The van der Waals surface area contributed by atoms with Gasteiger partial charge in [0.05, 0.1) is 12.2 Å². The minimum Gasteiger partial charge on any atom is -0.372 e. The zero-order chi connectivity index (χ0) is 18.0. The van der Waals surface area contributed by atoms with Crippen molar-refractivity contribution in [3.8, 4) is 0 Å². The number of nitrogens with one attached hydrogen (secondary N) is 2. The van der Waals surface area contributed by atoms with E-state index >= 15 is 0 Å². The number of aromatic amines is 1. The minimum atomic E-state index is -0.701. The second kappa shape index (κ2) is 7.14. The molecule has 1 aliphatic rings. The largest absolute Gasteiger partial charge is 0.372 e. The number of amides is 3. The van der Waals surface area contributed by atoms with Gasteiger partial charge in [0.2, 0.25) is 5.91 Å². The van der Waals surface area contributed by atoms with Crippen molar-refractivity contribution in [2.24, 2.45) is 5.73 Å². The Morgan fingerprint density at radius 1 is 1.32 bits per heavy atom. The summed E-state index contributed by atoms with van der Waals surface area (Å²) in [5.41, 5.74) is 7.27. The first-order valence-electron chi connectivity index (χ1n) is 8.49. The number of morpholine rings is 1. The van der Waals surface area contributed by atoms with Gasteiger partial charge in [-0.2, -0.15) is 0 Å². The van der Waals surface area contributed by atoms with Crippen LogP contribution in [0.15, 0.2) is 30.5 Å². The maximum Gasteiger partial charge on any atom is 0.312 e. The van der Waals surface area contributed by atoms with Gasteiger partial charge in [0.1, 0.15) is 6.04 Å². The molecule has 2 aromatic rings.